The lowest BCUT2D eigenvalue weighted by molar-refractivity contribution is -0.870. The number of quaternary nitrogens is 1. The normalized spacial score (nSPS) is 18.7. The second-order valence-corrected chi connectivity index (χ2v) is 6.54. The summed E-state index contributed by atoms with van der Waals surface area (Å²) in [4.78, 5) is 22.6. The van der Waals surface area contributed by atoms with Gasteiger partial charge in [0.15, 0.2) is 11.9 Å². The first kappa shape index (κ1) is 18.7. The second kappa shape index (κ2) is 7.44. The van der Waals surface area contributed by atoms with Gasteiger partial charge in [-0.05, 0) is 6.92 Å². The number of hydrogen-bond acceptors (Lipinski definition) is 7. The van der Waals surface area contributed by atoms with Crippen molar-refractivity contribution in [2.24, 2.45) is 0 Å². The van der Waals surface area contributed by atoms with Crippen LogP contribution in [-0.4, -0.2) is 73.6 Å². The van der Waals surface area contributed by atoms with Crippen LogP contribution >= 0.6 is 7.82 Å². The molecule has 2 N–H and O–H groups in total. The average molecular weight is 299 g/mol. The average Bonchev–Trinajstić information content (AvgIpc) is 2.22. The maximum Gasteiger partial charge on any atom is 0.268 e. The largest absolute Gasteiger partial charge is 0.756 e. The molecule has 9 heteroatoms. The van der Waals surface area contributed by atoms with Gasteiger partial charge < -0.3 is 28.6 Å². The van der Waals surface area contributed by atoms with E-state index >= 15 is 0 Å². The number of Topliss-reactive ketones (excluding diaryl/α,β-unsaturated/α-hetero) is 1. The van der Waals surface area contributed by atoms with Crippen molar-refractivity contribution in [3.8, 4) is 0 Å². The molecule has 0 spiro atoms. The molecule has 0 aliphatic carbocycles. The molecule has 0 bridgehead atoms. The molecule has 0 rings (SSSR count). The van der Waals surface area contributed by atoms with Gasteiger partial charge in [0, 0.05) is 0 Å². The lowest BCUT2D eigenvalue weighted by Gasteiger charge is -2.30. The molecule has 0 aromatic carbocycles. The van der Waals surface area contributed by atoms with Crippen LogP contribution in [0.4, 0.5) is 0 Å². The van der Waals surface area contributed by atoms with Crippen LogP contribution in [0, 0.1) is 0 Å². The minimum absolute atomic E-state index is 0.107. The van der Waals surface area contributed by atoms with Crippen molar-refractivity contribution in [2.75, 3.05) is 40.9 Å². The third-order valence-electron chi connectivity index (χ3n) is 2.19. The zero-order valence-electron chi connectivity index (χ0n) is 11.6. The van der Waals surface area contributed by atoms with Gasteiger partial charge >= 0.3 is 0 Å². The molecule has 0 aromatic rings. The minimum atomic E-state index is -4.71. The number of rotatable bonds is 9. The summed E-state index contributed by atoms with van der Waals surface area (Å²) in [5, 5.41) is 18.0. The summed E-state index contributed by atoms with van der Waals surface area (Å²) in [5.41, 5.74) is 0. The summed E-state index contributed by atoms with van der Waals surface area (Å²) >= 11 is 0. The molecule has 0 amide bonds. The van der Waals surface area contributed by atoms with Crippen LogP contribution in [-0.2, 0) is 18.4 Å². The molecule has 0 aromatic heterocycles. The quantitative estimate of drug-likeness (QED) is 0.393. The number of carbonyl (C=O) groups excluding carboxylic acids is 1. The third-order valence-corrected chi connectivity index (χ3v) is 3.18. The SMILES string of the molecule is CC(=O)C(OP(=O)([O-])OCC[N+](C)(C)C)[C@@H](O)CO. The van der Waals surface area contributed by atoms with E-state index < -0.39 is 32.4 Å². The van der Waals surface area contributed by atoms with E-state index in [1.54, 1.807) is 0 Å². The van der Waals surface area contributed by atoms with E-state index in [1.165, 1.54) is 0 Å². The molecule has 114 valence electrons. The van der Waals surface area contributed by atoms with Crippen molar-refractivity contribution in [3.05, 3.63) is 0 Å². The first-order chi connectivity index (χ1) is 8.48. The van der Waals surface area contributed by atoms with E-state index in [0.717, 1.165) is 6.92 Å². The van der Waals surface area contributed by atoms with Gasteiger partial charge in [-0.3, -0.25) is 9.36 Å². The molecular formula is C10H22NO7P. The highest BCUT2D eigenvalue weighted by molar-refractivity contribution is 7.45. The van der Waals surface area contributed by atoms with Crippen molar-refractivity contribution < 1.29 is 38.0 Å². The lowest BCUT2D eigenvalue weighted by atomic mass is 10.1. The molecule has 0 heterocycles. The number of phosphoric ester groups is 1. The fourth-order valence-corrected chi connectivity index (χ4v) is 2.04. The van der Waals surface area contributed by atoms with Gasteiger partial charge in [0.1, 0.15) is 19.3 Å². The standard InChI is InChI=1S/C10H22NO7P/c1-8(13)10(9(14)7-12)18-19(15,16)17-6-5-11(2,3)4/h9-10,12,14H,5-7H2,1-4H3/t9-,10?/m0/s1. The summed E-state index contributed by atoms with van der Waals surface area (Å²) in [5.74, 6) is -0.715. The van der Waals surface area contributed by atoms with Gasteiger partial charge in [-0.15, -0.1) is 0 Å². The van der Waals surface area contributed by atoms with Crippen LogP contribution in [0.25, 0.3) is 0 Å². The first-order valence-electron chi connectivity index (χ1n) is 5.72. The molecule has 0 aliphatic rings. The van der Waals surface area contributed by atoms with Crippen LogP contribution in [0.5, 0.6) is 0 Å². The summed E-state index contributed by atoms with van der Waals surface area (Å²) in [6.07, 6.45) is -3.26. The highest BCUT2D eigenvalue weighted by atomic mass is 31.2. The molecule has 19 heavy (non-hydrogen) atoms. The monoisotopic (exact) mass is 299 g/mol. The molecule has 0 radical (unpaired) electrons. The van der Waals surface area contributed by atoms with Crippen molar-refractivity contribution in [2.45, 2.75) is 19.1 Å². The van der Waals surface area contributed by atoms with Gasteiger partial charge in [-0.25, -0.2) is 0 Å². The Morgan fingerprint density at radius 2 is 1.95 bits per heavy atom. The smallest absolute Gasteiger partial charge is 0.268 e. The Morgan fingerprint density at radius 1 is 1.42 bits per heavy atom. The van der Waals surface area contributed by atoms with Crippen LogP contribution in [0.1, 0.15) is 6.92 Å². The number of aliphatic hydroxyl groups excluding tert-OH is 2. The van der Waals surface area contributed by atoms with E-state index in [-0.39, 0.29) is 6.61 Å². The number of aliphatic hydroxyl groups is 2. The molecule has 3 atom stereocenters. The Labute approximate surface area is 112 Å². The number of carbonyl (C=O) groups is 1. The van der Waals surface area contributed by atoms with Gasteiger partial charge in [-0.1, -0.05) is 0 Å². The van der Waals surface area contributed by atoms with Crippen LogP contribution in [0.15, 0.2) is 0 Å². The minimum Gasteiger partial charge on any atom is -0.756 e. The second-order valence-electron chi connectivity index (χ2n) is 5.18. The summed E-state index contributed by atoms with van der Waals surface area (Å²) in [6, 6.07) is 0. The number of likely N-dealkylation sites (N-methyl/N-ethyl adjacent to an activating group) is 1. The van der Waals surface area contributed by atoms with Gasteiger partial charge in [0.05, 0.1) is 27.7 Å². The summed E-state index contributed by atoms with van der Waals surface area (Å²) < 4.78 is 21.1. The van der Waals surface area contributed by atoms with E-state index in [0.29, 0.717) is 11.0 Å². The molecular weight excluding hydrogens is 277 g/mol. The molecule has 8 nitrogen and oxygen atoms in total. The number of nitrogens with zero attached hydrogens (tertiary/aromatic N) is 1. The highest BCUT2D eigenvalue weighted by Crippen LogP contribution is 2.40. The van der Waals surface area contributed by atoms with Gasteiger partial charge in [-0.2, -0.15) is 0 Å². The Kier molecular flexibility index (Phi) is 7.31. The Hall–Kier alpha value is -0.340. The molecule has 0 saturated heterocycles. The van der Waals surface area contributed by atoms with Crippen molar-refractivity contribution in [3.63, 3.8) is 0 Å². The van der Waals surface area contributed by atoms with Gasteiger partial charge in [0.2, 0.25) is 0 Å². The Morgan fingerprint density at radius 3 is 2.32 bits per heavy atom. The molecule has 0 fully saturated rings. The number of ketones is 1. The van der Waals surface area contributed by atoms with Crippen LogP contribution in [0.3, 0.4) is 0 Å². The van der Waals surface area contributed by atoms with E-state index in [9.17, 15) is 19.4 Å². The Bertz CT molecular complexity index is 341. The van der Waals surface area contributed by atoms with Crippen molar-refractivity contribution in [1.82, 2.24) is 0 Å². The lowest BCUT2D eigenvalue weighted by Crippen LogP contribution is -2.39. The summed E-state index contributed by atoms with van der Waals surface area (Å²) in [7, 11) is 0.857. The predicted octanol–water partition coefficient (Wildman–Crippen LogP) is -1.49. The fourth-order valence-electron chi connectivity index (χ4n) is 1.11. The van der Waals surface area contributed by atoms with Crippen molar-refractivity contribution >= 4 is 13.6 Å². The first-order valence-corrected chi connectivity index (χ1v) is 7.18. The molecule has 0 saturated carbocycles. The zero-order valence-corrected chi connectivity index (χ0v) is 12.5. The highest BCUT2D eigenvalue weighted by Gasteiger charge is 2.29. The van der Waals surface area contributed by atoms with E-state index in [4.69, 9.17) is 5.11 Å². The number of phosphoric acid groups is 1. The molecule has 0 aliphatic heterocycles. The Balaban J connectivity index is 4.48. The van der Waals surface area contributed by atoms with Crippen molar-refractivity contribution in [1.29, 1.82) is 0 Å². The predicted molar refractivity (Wildman–Crippen MR) is 65.1 cm³/mol. The topological polar surface area (TPSA) is 116 Å². The third kappa shape index (κ3) is 8.43. The maximum absolute atomic E-state index is 11.5. The number of hydrogen-bond donors (Lipinski definition) is 2. The van der Waals surface area contributed by atoms with E-state index in [1.807, 2.05) is 21.1 Å². The zero-order chi connectivity index (χ0) is 15.3. The van der Waals surface area contributed by atoms with Crippen LogP contribution < -0.4 is 4.89 Å². The van der Waals surface area contributed by atoms with E-state index in [2.05, 4.69) is 9.05 Å². The molecule has 2 unspecified atom stereocenters. The van der Waals surface area contributed by atoms with Crippen LogP contribution in [0.2, 0.25) is 0 Å². The van der Waals surface area contributed by atoms with Gasteiger partial charge in [0.25, 0.3) is 7.82 Å². The fraction of sp³-hybridized carbons (Fsp3) is 0.900. The maximum atomic E-state index is 11.5. The summed E-state index contributed by atoms with van der Waals surface area (Å²) in [6.45, 7) is 0.575.